The Morgan fingerprint density at radius 2 is 2.05 bits per heavy atom. The maximum absolute atomic E-state index is 6.19. The molecule has 0 saturated carbocycles. The van der Waals surface area contributed by atoms with Gasteiger partial charge in [-0.05, 0) is 18.2 Å². The molecule has 0 radical (unpaired) electrons. The number of hydrogen-bond acceptors (Lipinski definition) is 6. The monoisotopic (exact) mass is 331 g/mol. The Bertz CT molecular complexity index is 845. The molecule has 0 atom stereocenters. The summed E-state index contributed by atoms with van der Waals surface area (Å²) in [5.41, 5.74) is 4.62. The van der Waals surface area contributed by atoms with Crippen LogP contribution in [0.2, 0.25) is 5.02 Å². The number of benzene rings is 2. The number of ether oxygens (including phenoxy) is 2. The molecule has 2 heterocycles. The van der Waals surface area contributed by atoms with E-state index >= 15 is 0 Å². The highest BCUT2D eigenvalue weighted by atomic mass is 35.5. The van der Waals surface area contributed by atoms with Crippen molar-refractivity contribution in [2.24, 2.45) is 5.10 Å². The van der Waals surface area contributed by atoms with Crippen molar-refractivity contribution in [3.05, 3.63) is 47.0 Å². The quantitative estimate of drug-likeness (QED) is 0.579. The number of thiazole rings is 1. The molecule has 0 unspecified atom stereocenters. The minimum Gasteiger partial charge on any atom is -0.454 e. The van der Waals surface area contributed by atoms with Crippen LogP contribution >= 0.6 is 22.9 Å². The molecule has 0 bridgehead atoms. The fourth-order valence-corrected chi connectivity index (χ4v) is 3.13. The van der Waals surface area contributed by atoms with Gasteiger partial charge in [-0.15, -0.1) is 0 Å². The second-order valence-corrected chi connectivity index (χ2v) is 6.02. The second kappa shape index (κ2) is 5.47. The van der Waals surface area contributed by atoms with Gasteiger partial charge in [-0.3, -0.25) is 5.43 Å². The third-order valence-electron chi connectivity index (χ3n) is 3.15. The Morgan fingerprint density at radius 1 is 1.23 bits per heavy atom. The molecule has 0 spiro atoms. The number of nitrogens with zero attached hydrogens (tertiary/aromatic N) is 2. The van der Waals surface area contributed by atoms with Crippen LogP contribution in [0.4, 0.5) is 5.13 Å². The van der Waals surface area contributed by atoms with Crippen LogP contribution in [0.3, 0.4) is 0 Å². The second-order valence-electron chi connectivity index (χ2n) is 4.58. The molecule has 3 aromatic rings. The molecule has 7 heteroatoms. The molecule has 1 aliphatic heterocycles. The van der Waals surface area contributed by atoms with Crippen molar-refractivity contribution in [2.75, 3.05) is 12.2 Å². The largest absolute Gasteiger partial charge is 0.454 e. The van der Waals surface area contributed by atoms with E-state index in [9.17, 15) is 0 Å². The average Bonchev–Trinajstić information content (AvgIpc) is 3.12. The molecule has 5 nitrogen and oxygen atoms in total. The van der Waals surface area contributed by atoms with Crippen LogP contribution < -0.4 is 14.9 Å². The molecule has 0 fully saturated rings. The number of hydrazone groups is 1. The SMILES string of the molecule is Clc1cc2c(cc1/C=N/Nc1nc3ccccc3s1)OCO2. The van der Waals surface area contributed by atoms with Crippen LogP contribution in [0.1, 0.15) is 5.56 Å². The van der Waals surface area contributed by atoms with Crippen LogP contribution in [0.25, 0.3) is 10.2 Å². The first-order chi connectivity index (χ1) is 10.8. The van der Waals surface area contributed by atoms with E-state index in [-0.39, 0.29) is 6.79 Å². The topological polar surface area (TPSA) is 55.7 Å². The zero-order chi connectivity index (χ0) is 14.9. The van der Waals surface area contributed by atoms with E-state index in [1.54, 1.807) is 29.7 Å². The zero-order valence-corrected chi connectivity index (χ0v) is 12.8. The number of nitrogens with one attached hydrogen (secondary N) is 1. The first-order valence-corrected chi connectivity index (χ1v) is 7.73. The van der Waals surface area contributed by atoms with Crippen molar-refractivity contribution in [1.29, 1.82) is 0 Å². The molecule has 4 rings (SSSR count). The number of para-hydroxylation sites is 1. The lowest BCUT2D eigenvalue weighted by molar-refractivity contribution is 0.174. The van der Waals surface area contributed by atoms with E-state index in [2.05, 4.69) is 15.5 Å². The molecular weight excluding hydrogens is 322 g/mol. The van der Waals surface area contributed by atoms with Gasteiger partial charge in [0.15, 0.2) is 11.5 Å². The van der Waals surface area contributed by atoms with Crippen molar-refractivity contribution < 1.29 is 9.47 Å². The zero-order valence-electron chi connectivity index (χ0n) is 11.2. The van der Waals surface area contributed by atoms with Crippen LogP contribution in [0, 0.1) is 0 Å². The molecule has 110 valence electrons. The van der Waals surface area contributed by atoms with Crippen molar-refractivity contribution in [3.8, 4) is 11.5 Å². The minimum atomic E-state index is 0.218. The molecule has 22 heavy (non-hydrogen) atoms. The molecule has 1 aromatic heterocycles. The molecular formula is C15H10ClN3O2S. The van der Waals surface area contributed by atoms with Gasteiger partial charge in [0, 0.05) is 11.6 Å². The number of hydrogen-bond donors (Lipinski definition) is 1. The predicted octanol–water partition coefficient (Wildman–Crippen LogP) is 4.12. The van der Waals surface area contributed by atoms with Gasteiger partial charge in [0.05, 0.1) is 21.5 Å². The van der Waals surface area contributed by atoms with E-state index in [0.717, 1.165) is 20.9 Å². The van der Waals surface area contributed by atoms with E-state index in [1.165, 1.54) is 0 Å². The maximum atomic E-state index is 6.19. The Labute approximate surface area is 135 Å². The van der Waals surface area contributed by atoms with E-state index < -0.39 is 0 Å². The summed E-state index contributed by atoms with van der Waals surface area (Å²) in [6.07, 6.45) is 1.64. The lowest BCUT2D eigenvalue weighted by Gasteiger charge is -2.01. The number of anilines is 1. The predicted molar refractivity (Wildman–Crippen MR) is 88.4 cm³/mol. The summed E-state index contributed by atoms with van der Waals surface area (Å²) in [7, 11) is 0. The van der Waals surface area contributed by atoms with E-state index in [1.807, 2.05) is 24.3 Å². The van der Waals surface area contributed by atoms with Gasteiger partial charge < -0.3 is 9.47 Å². The normalized spacial score (nSPS) is 13.1. The summed E-state index contributed by atoms with van der Waals surface area (Å²) in [5, 5.41) is 5.47. The Kier molecular flexibility index (Phi) is 3.32. The third-order valence-corrected chi connectivity index (χ3v) is 4.42. The summed E-state index contributed by atoms with van der Waals surface area (Å²) in [6, 6.07) is 11.5. The Morgan fingerprint density at radius 3 is 2.91 bits per heavy atom. The third kappa shape index (κ3) is 2.47. The van der Waals surface area contributed by atoms with Crippen molar-refractivity contribution in [3.63, 3.8) is 0 Å². The van der Waals surface area contributed by atoms with E-state index in [4.69, 9.17) is 21.1 Å². The van der Waals surface area contributed by atoms with Crippen molar-refractivity contribution in [2.45, 2.75) is 0 Å². The lowest BCUT2D eigenvalue weighted by Crippen LogP contribution is -1.93. The Hall–Kier alpha value is -2.31. The molecule has 1 aliphatic rings. The smallest absolute Gasteiger partial charge is 0.231 e. The minimum absolute atomic E-state index is 0.218. The fraction of sp³-hybridized carbons (Fsp3) is 0.0667. The fourth-order valence-electron chi connectivity index (χ4n) is 2.11. The average molecular weight is 332 g/mol. The highest BCUT2D eigenvalue weighted by Gasteiger charge is 2.15. The first-order valence-electron chi connectivity index (χ1n) is 6.53. The summed E-state index contributed by atoms with van der Waals surface area (Å²) >= 11 is 7.73. The summed E-state index contributed by atoms with van der Waals surface area (Å²) < 4.78 is 11.7. The van der Waals surface area contributed by atoms with Crippen molar-refractivity contribution in [1.82, 2.24) is 4.98 Å². The van der Waals surface area contributed by atoms with Crippen LogP contribution in [0.5, 0.6) is 11.5 Å². The Balaban J connectivity index is 1.54. The number of rotatable bonds is 3. The lowest BCUT2D eigenvalue weighted by atomic mass is 10.2. The van der Waals surface area contributed by atoms with Gasteiger partial charge in [-0.2, -0.15) is 5.10 Å². The first kappa shape index (κ1) is 13.4. The van der Waals surface area contributed by atoms with E-state index in [0.29, 0.717) is 16.5 Å². The highest BCUT2D eigenvalue weighted by molar-refractivity contribution is 7.22. The van der Waals surface area contributed by atoms with Crippen LogP contribution in [0.15, 0.2) is 41.5 Å². The van der Waals surface area contributed by atoms with Gasteiger partial charge >= 0.3 is 0 Å². The van der Waals surface area contributed by atoms with Gasteiger partial charge in [-0.1, -0.05) is 35.1 Å². The maximum Gasteiger partial charge on any atom is 0.231 e. The molecule has 0 saturated heterocycles. The summed E-state index contributed by atoms with van der Waals surface area (Å²) in [5.74, 6) is 1.33. The standard InChI is InChI=1S/C15H10ClN3O2S/c16-10-6-13-12(20-8-21-13)5-9(10)7-17-19-15-18-11-3-1-2-4-14(11)22-15/h1-7H,8H2,(H,18,19)/b17-7+. The van der Waals surface area contributed by atoms with Gasteiger partial charge in [0.2, 0.25) is 11.9 Å². The molecule has 0 amide bonds. The van der Waals surface area contributed by atoms with Crippen molar-refractivity contribution >= 4 is 44.5 Å². The molecule has 2 aromatic carbocycles. The van der Waals surface area contributed by atoms with Crippen LogP contribution in [-0.4, -0.2) is 18.0 Å². The highest BCUT2D eigenvalue weighted by Crippen LogP contribution is 2.36. The summed E-state index contributed by atoms with van der Waals surface area (Å²) in [6.45, 7) is 0.218. The molecule has 1 N–H and O–H groups in total. The van der Waals surface area contributed by atoms with Gasteiger partial charge in [0.1, 0.15) is 0 Å². The summed E-state index contributed by atoms with van der Waals surface area (Å²) in [4.78, 5) is 4.44. The van der Waals surface area contributed by atoms with Gasteiger partial charge in [-0.25, -0.2) is 4.98 Å². The molecule has 0 aliphatic carbocycles. The van der Waals surface area contributed by atoms with Crippen LogP contribution in [-0.2, 0) is 0 Å². The number of halogens is 1. The number of aromatic nitrogens is 1. The number of fused-ring (bicyclic) bond motifs is 2. The van der Waals surface area contributed by atoms with Gasteiger partial charge in [0.25, 0.3) is 0 Å².